The minimum absolute atomic E-state index is 0.201. The number of hydrogen-bond acceptors (Lipinski definition) is 5. The first-order valence-electron chi connectivity index (χ1n) is 9.09. The van der Waals surface area contributed by atoms with Crippen molar-refractivity contribution >= 4 is 11.6 Å². The van der Waals surface area contributed by atoms with Gasteiger partial charge in [0.15, 0.2) is 0 Å². The molecule has 3 aromatic rings. The van der Waals surface area contributed by atoms with Gasteiger partial charge in [0.2, 0.25) is 5.88 Å². The zero-order valence-electron chi connectivity index (χ0n) is 15.5. The number of para-hydroxylation sites is 2. The third kappa shape index (κ3) is 2.99. The molecule has 1 saturated heterocycles. The Morgan fingerprint density at radius 1 is 1.11 bits per heavy atom. The lowest BCUT2D eigenvalue weighted by Crippen LogP contribution is -2.49. The summed E-state index contributed by atoms with van der Waals surface area (Å²) in [6, 6.07) is 13.0. The van der Waals surface area contributed by atoms with Gasteiger partial charge in [0.1, 0.15) is 28.7 Å². The molecule has 1 aromatic carbocycles. The molecule has 2 aromatic heterocycles. The number of amides is 1. The van der Waals surface area contributed by atoms with E-state index in [-0.39, 0.29) is 17.2 Å². The van der Waals surface area contributed by atoms with Crippen molar-refractivity contribution in [2.45, 2.75) is 6.92 Å². The van der Waals surface area contributed by atoms with Crippen LogP contribution in [0.4, 0.5) is 5.69 Å². The molecule has 1 amide bonds. The standard InChI is InChI=1S/C21H20N4O3/c1-15-19(16(14-22)21(28-15)25-8-4-5-9-25)20(27)24-12-10-23(11-13-24)17-6-2-3-7-18(17)26/h2-9,26H,10-13H2,1H3. The van der Waals surface area contributed by atoms with E-state index in [4.69, 9.17) is 4.42 Å². The van der Waals surface area contributed by atoms with E-state index in [9.17, 15) is 15.2 Å². The summed E-state index contributed by atoms with van der Waals surface area (Å²) >= 11 is 0. The molecule has 1 fully saturated rings. The molecule has 142 valence electrons. The number of phenolic OH excluding ortho intramolecular Hbond substituents is 1. The Kier molecular flexibility index (Phi) is 4.53. The summed E-state index contributed by atoms with van der Waals surface area (Å²) in [6.07, 6.45) is 3.55. The van der Waals surface area contributed by atoms with Crippen LogP contribution in [-0.4, -0.2) is 46.7 Å². The number of hydrogen-bond donors (Lipinski definition) is 1. The lowest BCUT2D eigenvalue weighted by molar-refractivity contribution is 0.0744. The van der Waals surface area contributed by atoms with Gasteiger partial charge in [-0.1, -0.05) is 12.1 Å². The van der Waals surface area contributed by atoms with Crippen LogP contribution in [0.3, 0.4) is 0 Å². The maximum absolute atomic E-state index is 13.1. The highest BCUT2D eigenvalue weighted by Gasteiger charge is 2.30. The molecule has 0 saturated carbocycles. The highest BCUT2D eigenvalue weighted by molar-refractivity contribution is 5.98. The molecular formula is C21H20N4O3. The van der Waals surface area contributed by atoms with Gasteiger partial charge in [-0.25, -0.2) is 0 Å². The molecule has 7 heteroatoms. The van der Waals surface area contributed by atoms with E-state index in [0.29, 0.717) is 43.4 Å². The minimum atomic E-state index is -0.201. The second-order valence-electron chi connectivity index (χ2n) is 6.68. The average Bonchev–Trinajstić information content (AvgIpc) is 3.35. The van der Waals surface area contributed by atoms with E-state index < -0.39 is 0 Å². The molecule has 1 aliphatic heterocycles. The summed E-state index contributed by atoms with van der Waals surface area (Å²) in [5, 5.41) is 19.7. The largest absolute Gasteiger partial charge is 0.506 e. The van der Waals surface area contributed by atoms with E-state index in [1.54, 1.807) is 40.9 Å². The van der Waals surface area contributed by atoms with Gasteiger partial charge in [-0.3, -0.25) is 9.36 Å². The normalized spacial score (nSPS) is 14.1. The molecule has 0 unspecified atom stereocenters. The van der Waals surface area contributed by atoms with Crippen LogP contribution < -0.4 is 4.90 Å². The number of benzene rings is 1. The number of carbonyl (C=O) groups excluding carboxylic acids is 1. The van der Waals surface area contributed by atoms with Crippen LogP contribution in [0.2, 0.25) is 0 Å². The van der Waals surface area contributed by atoms with Gasteiger partial charge in [0.25, 0.3) is 5.91 Å². The number of nitriles is 1. The third-order valence-electron chi connectivity index (χ3n) is 5.02. The number of rotatable bonds is 3. The maximum atomic E-state index is 13.1. The van der Waals surface area contributed by atoms with Crippen molar-refractivity contribution < 1.29 is 14.3 Å². The summed E-state index contributed by atoms with van der Waals surface area (Å²) in [6.45, 7) is 3.92. The van der Waals surface area contributed by atoms with Crippen molar-refractivity contribution in [3.63, 3.8) is 0 Å². The number of anilines is 1. The molecule has 7 nitrogen and oxygen atoms in total. The van der Waals surface area contributed by atoms with E-state index >= 15 is 0 Å². The zero-order chi connectivity index (χ0) is 19.7. The number of phenols is 1. The van der Waals surface area contributed by atoms with Crippen molar-refractivity contribution in [2.75, 3.05) is 31.1 Å². The van der Waals surface area contributed by atoms with E-state index in [2.05, 4.69) is 11.0 Å². The highest BCUT2D eigenvalue weighted by atomic mass is 16.4. The quantitative estimate of drug-likeness (QED) is 0.760. The van der Waals surface area contributed by atoms with Crippen molar-refractivity contribution in [3.8, 4) is 17.7 Å². The smallest absolute Gasteiger partial charge is 0.258 e. The lowest BCUT2D eigenvalue weighted by atomic mass is 10.1. The van der Waals surface area contributed by atoms with Gasteiger partial charge in [-0.2, -0.15) is 5.26 Å². The minimum Gasteiger partial charge on any atom is -0.506 e. The Morgan fingerprint density at radius 3 is 2.43 bits per heavy atom. The number of furan rings is 1. The monoisotopic (exact) mass is 376 g/mol. The summed E-state index contributed by atoms with van der Waals surface area (Å²) in [5.74, 6) is 0.832. The molecule has 4 rings (SSSR count). The predicted molar refractivity (Wildman–Crippen MR) is 104 cm³/mol. The number of aromatic hydroxyl groups is 1. The van der Waals surface area contributed by atoms with Gasteiger partial charge >= 0.3 is 0 Å². The fraction of sp³-hybridized carbons (Fsp3) is 0.238. The van der Waals surface area contributed by atoms with E-state index in [0.717, 1.165) is 5.69 Å². The van der Waals surface area contributed by atoms with Crippen molar-refractivity contribution in [1.82, 2.24) is 9.47 Å². The Labute approximate surface area is 162 Å². The molecule has 0 atom stereocenters. The van der Waals surface area contributed by atoms with Gasteiger partial charge in [0.05, 0.1) is 5.69 Å². The number of nitrogens with zero attached hydrogens (tertiary/aromatic N) is 4. The summed E-state index contributed by atoms with van der Waals surface area (Å²) in [4.78, 5) is 16.9. The Morgan fingerprint density at radius 2 is 1.79 bits per heavy atom. The van der Waals surface area contributed by atoms with Crippen molar-refractivity contribution in [3.05, 3.63) is 65.7 Å². The van der Waals surface area contributed by atoms with Crippen LogP contribution in [0, 0.1) is 18.3 Å². The SMILES string of the molecule is Cc1oc(-n2cccc2)c(C#N)c1C(=O)N1CCN(c2ccccc2O)CC1. The molecule has 28 heavy (non-hydrogen) atoms. The van der Waals surface area contributed by atoms with Gasteiger partial charge < -0.3 is 19.3 Å². The molecule has 0 aliphatic carbocycles. The van der Waals surface area contributed by atoms with Crippen LogP contribution in [0.5, 0.6) is 5.75 Å². The fourth-order valence-electron chi connectivity index (χ4n) is 3.58. The number of carbonyl (C=O) groups is 1. The Bertz CT molecular complexity index is 1040. The van der Waals surface area contributed by atoms with Crippen LogP contribution in [0.25, 0.3) is 5.88 Å². The summed E-state index contributed by atoms with van der Waals surface area (Å²) in [7, 11) is 0. The predicted octanol–water partition coefficient (Wildman–Crippen LogP) is 2.92. The Hall–Kier alpha value is -3.66. The number of piperazine rings is 1. The molecule has 0 radical (unpaired) electrons. The molecular weight excluding hydrogens is 356 g/mol. The molecule has 1 N–H and O–H groups in total. The number of aromatic nitrogens is 1. The molecule has 1 aliphatic rings. The first-order chi connectivity index (χ1) is 13.6. The highest BCUT2D eigenvalue weighted by Crippen LogP contribution is 2.29. The number of aryl methyl sites for hydroxylation is 1. The Balaban J connectivity index is 1.55. The van der Waals surface area contributed by atoms with E-state index in [1.165, 1.54) is 0 Å². The summed E-state index contributed by atoms with van der Waals surface area (Å²) in [5.41, 5.74) is 1.34. The summed E-state index contributed by atoms with van der Waals surface area (Å²) < 4.78 is 7.44. The zero-order valence-corrected chi connectivity index (χ0v) is 15.5. The topological polar surface area (TPSA) is 85.6 Å². The third-order valence-corrected chi connectivity index (χ3v) is 5.02. The van der Waals surface area contributed by atoms with Crippen molar-refractivity contribution in [2.24, 2.45) is 0 Å². The van der Waals surface area contributed by atoms with Gasteiger partial charge in [-0.15, -0.1) is 0 Å². The second-order valence-corrected chi connectivity index (χ2v) is 6.68. The van der Waals surface area contributed by atoms with Gasteiger partial charge in [-0.05, 0) is 31.2 Å². The van der Waals surface area contributed by atoms with E-state index in [1.807, 2.05) is 24.3 Å². The molecule has 3 heterocycles. The fourth-order valence-corrected chi connectivity index (χ4v) is 3.58. The average molecular weight is 376 g/mol. The molecule has 0 spiro atoms. The van der Waals surface area contributed by atoms with Crippen LogP contribution in [0.15, 0.2) is 53.2 Å². The maximum Gasteiger partial charge on any atom is 0.258 e. The molecule has 0 bridgehead atoms. The van der Waals surface area contributed by atoms with Gasteiger partial charge in [0, 0.05) is 38.6 Å². The second kappa shape index (κ2) is 7.16. The van der Waals surface area contributed by atoms with Crippen LogP contribution in [0.1, 0.15) is 21.7 Å². The first-order valence-corrected chi connectivity index (χ1v) is 9.09. The van der Waals surface area contributed by atoms with Crippen LogP contribution >= 0.6 is 0 Å². The van der Waals surface area contributed by atoms with Crippen LogP contribution in [-0.2, 0) is 0 Å². The van der Waals surface area contributed by atoms with Crippen molar-refractivity contribution in [1.29, 1.82) is 5.26 Å². The lowest BCUT2D eigenvalue weighted by Gasteiger charge is -2.36. The first kappa shape index (κ1) is 17.7.